The van der Waals surface area contributed by atoms with Gasteiger partial charge in [0.15, 0.2) is 0 Å². The second-order valence-corrected chi connectivity index (χ2v) is 10.3. The average molecular weight is 496 g/mol. The van der Waals surface area contributed by atoms with Crippen molar-refractivity contribution in [2.75, 3.05) is 0 Å². The number of rotatable bonds is 2. The molecular formula is C36H21N3. The average Bonchev–Trinajstić information content (AvgIpc) is 3.52. The molecule has 0 saturated carbocycles. The fourth-order valence-corrected chi connectivity index (χ4v) is 6.60. The Morgan fingerprint density at radius 1 is 0.487 bits per heavy atom. The van der Waals surface area contributed by atoms with Crippen molar-refractivity contribution < 1.29 is 0 Å². The monoisotopic (exact) mass is 495 g/mol. The van der Waals surface area contributed by atoms with E-state index in [9.17, 15) is 0 Å². The highest BCUT2D eigenvalue weighted by Gasteiger charge is 2.22. The van der Waals surface area contributed by atoms with Crippen molar-refractivity contribution >= 4 is 43.4 Å². The van der Waals surface area contributed by atoms with Crippen molar-refractivity contribution in [3.8, 4) is 39.2 Å². The van der Waals surface area contributed by atoms with Crippen LogP contribution in [0.2, 0.25) is 0 Å². The van der Waals surface area contributed by atoms with Crippen LogP contribution in [0.5, 0.6) is 0 Å². The van der Waals surface area contributed by atoms with Crippen molar-refractivity contribution in [2.45, 2.75) is 0 Å². The van der Waals surface area contributed by atoms with Crippen LogP contribution in [0.4, 0.5) is 0 Å². The SMILES string of the molecule is c1ccc2c(c1)-c1cccc3c(-c4ccc(-n5c6ccccc6c6ccc7cnccc7c65)nc4)ccc-2c13. The van der Waals surface area contributed by atoms with Crippen LogP contribution < -0.4 is 0 Å². The third-order valence-corrected chi connectivity index (χ3v) is 8.29. The summed E-state index contributed by atoms with van der Waals surface area (Å²) in [6.07, 6.45) is 5.82. The number of para-hydroxylation sites is 1. The van der Waals surface area contributed by atoms with Gasteiger partial charge in [0.1, 0.15) is 5.82 Å². The van der Waals surface area contributed by atoms with Gasteiger partial charge in [0.2, 0.25) is 0 Å². The lowest BCUT2D eigenvalue weighted by Crippen LogP contribution is -1.98. The maximum atomic E-state index is 5.06. The lowest BCUT2D eigenvalue weighted by atomic mass is 9.95. The molecule has 180 valence electrons. The van der Waals surface area contributed by atoms with E-state index in [0.717, 1.165) is 22.3 Å². The first-order valence-corrected chi connectivity index (χ1v) is 13.2. The third-order valence-electron chi connectivity index (χ3n) is 8.29. The quantitative estimate of drug-likeness (QED) is 0.239. The molecule has 0 fully saturated rings. The van der Waals surface area contributed by atoms with E-state index < -0.39 is 0 Å². The third kappa shape index (κ3) is 2.76. The Labute approximate surface area is 224 Å². The molecule has 0 bridgehead atoms. The molecule has 3 aromatic heterocycles. The van der Waals surface area contributed by atoms with Crippen LogP contribution in [0, 0.1) is 0 Å². The molecule has 0 N–H and O–H groups in total. The topological polar surface area (TPSA) is 30.7 Å². The summed E-state index contributed by atoms with van der Waals surface area (Å²) >= 11 is 0. The molecule has 8 aromatic rings. The van der Waals surface area contributed by atoms with Crippen LogP contribution in [0.1, 0.15) is 0 Å². The van der Waals surface area contributed by atoms with Gasteiger partial charge >= 0.3 is 0 Å². The molecule has 3 nitrogen and oxygen atoms in total. The van der Waals surface area contributed by atoms with Crippen molar-refractivity contribution in [1.29, 1.82) is 0 Å². The van der Waals surface area contributed by atoms with E-state index in [1.54, 1.807) is 0 Å². The Balaban J connectivity index is 1.26. The molecule has 1 aliphatic rings. The lowest BCUT2D eigenvalue weighted by Gasteiger charge is -2.12. The predicted octanol–water partition coefficient (Wildman–Crippen LogP) is 9.19. The molecule has 5 aromatic carbocycles. The highest BCUT2D eigenvalue weighted by atomic mass is 15.1. The summed E-state index contributed by atoms with van der Waals surface area (Å²) in [7, 11) is 0. The van der Waals surface area contributed by atoms with Crippen LogP contribution >= 0.6 is 0 Å². The number of pyridine rings is 2. The van der Waals surface area contributed by atoms with E-state index >= 15 is 0 Å². The van der Waals surface area contributed by atoms with Gasteiger partial charge in [-0.05, 0) is 62.9 Å². The molecule has 0 amide bonds. The summed E-state index contributed by atoms with van der Waals surface area (Å²) in [5.41, 5.74) is 9.91. The smallest absolute Gasteiger partial charge is 0.137 e. The van der Waals surface area contributed by atoms with Crippen LogP contribution in [0.15, 0.2) is 128 Å². The summed E-state index contributed by atoms with van der Waals surface area (Å²) < 4.78 is 2.29. The molecule has 0 spiro atoms. The minimum Gasteiger partial charge on any atom is -0.293 e. The summed E-state index contributed by atoms with van der Waals surface area (Å²) in [6.45, 7) is 0. The standard InChI is InChI=1S/C36H21N3/c1-2-7-27-26(6-1)30-10-5-9-29-24(15-16-31(27)35(29)30)23-13-17-34(38-21-23)39-33-11-4-3-8-28(33)32-14-12-22-20-37-19-18-25(22)36(32)39/h1-21H. The first-order valence-electron chi connectivity index (χ1n) is 13.2. The van der Waals surface area contributed by atoms with Gasteiger partial charge in [0, 0.05) is 45.7 Å². The molecule has 1 aliphatic carbocycles. The van der Waals surface area contributed by atoms with E-state index in [1.165, 1.54) is 60.3 Å². The van der Waals surface area contributed by atoms with E-state index in [2.05, 4.69) is 119 Å². The van der Waals surface area contributed by atoms with E-state index in [1.807, 2.05) is 18.6 Å². The van der Waals surface area contributed by atoms with E-state index in [4.69, 9.17) is 4.98 Å². The Kier molecular flexibility index (Phi) is 4.05. The second kappa shape index (κ2) is 7.62. The number of hydrogen-bond donors (Lipinski definition) is 0. The number of benzene rings is 5. The number of hydrogen-bond acceptors (Lipinski definition) is 2. The Morgan fingerprint density at radius 3 is 2.13 bits per heavy atom. The molecular weight excluding hydrogens is 474 g/mol. The Morgan fingerprint density at radius 2 is 1.26 bits per heavy atom. The maximum absolute atomic E-state index is 5.06. The molecule has 0 unspecified atom stereocenters. The van der Waals surface area contributed by atoms with E-state index in [0.29, 0.717) is 0 Å². The van der Waals surface area contributed by atoms with Gasteiger partial charge in [-0.25, -0.2) is 4.98 Å². The van der Waals surface area contributed by atoms with Gasteiger partial charge in [-0.3, -0.25) is 9.55 Å². The molecule has 39 heavy (non-hydrogen) atoms. The van der Waals surface area contributed by atoms with Crippen LogP contribution in [0.25, 0.3) is 82.5 Å². The summed E-state index contributed by atoms with van der Waals surface area (Å²) in [5.74, 6) is 0.910. The Bertz CT molecular complexity index is 2240. The highest BCUT2D eigenvalue weighted by Crippen LogP contribution is 2.49. The molecule has 3 heteroatoms. The normalized spacial score (nSPS) is 12.1. The fourth-order valence-electron chi connectivity index (χ4n) is 6.60. The van der Waals surface area contributed by atoms with Gasteiger partial charge in [0.25, 0.3) is 0 Å². The summed E-state index contributed by atoms with van der Waals surface area (Å²) in [4.78, 5) is 9.41. The number of aromatic nitrogens is 3. The fraction of sp³-hybridized carbons (Fsp3) is 0. The van der Waals surface area contributed by atoms with Gasteiger partial charge in [-0.1, -0.05) is 84.9 Å². The molecule has 0 radical (unpaired) electrons. The highest BCUT2D eigenvalue weighted by molar-refractivity contribution is 6.19. The lowest BCUT2D eigenvalue weighted by molar-refractivity contribution is 1.08. The Hall–Kier alpha value is -5.28. The van der Waals surface area contributed by atoms with Crippen molar-refractivity contribution in [3.05, 3.63) is 128 Å². The molecule has 0 aliphatic heterocycles. The summed E-state index contributed by atoms with van der Waals surface area (Å²) in [6, 6.07) is 39.3. The summed E-state index contributed by atoms with van der Waals surface area (Å²) in [5, 5.41) is 7.36. The van der Waals surface area contributed by atoms with Crippen molar-refractivity contribution in [1.82, 2.24) is 14.5 Å². The number of fused-ring (bicyclic) bond motifs is 8. The minimum absolute atomic E-state index is 0.910. The zero-order valence-electron chi connectivity index (χ0n) is 21.0. The molecule has 3 heterocycles. The van der Waals surface area contributed by atoms with Gasteiger partial charge in [0.05, 0.1) is 11.0 Å². The minimum atomic E-state index is 0.910. The molecule has 9 rings (SSSR count). The molecule has 0 atom stereocenters. The zero-order valence-corrected chi connectivity index (χ0v) is 21.0. The van der Waals surface area contributed by atoms with Crippen LogP contribution in [0.3, 0.4) is 0 Å². The van der Waals surface area contributed by atoms with Crippen molar-refractivity contribution in [2.24, 2.45) is 0 Å². The zero-order chi connectivity index (χ0) is 25.5. The van der Waals surface area contributed by atoms with Gasteiger partial charge in [-0.15, -0.1) is 0 Å². The van der Waals surface area contributed by atoms with Crippen LogP contribution in [-0.4, -0.2) is 14.5 Å². The first-order chi connectivity index (χ1) is 19.4. The van der Waals surface area contributed by atoms with Gasteiger partial charge in [-0.2, -0.15) is 0 Å². The van der Waals surface area contributed by atoms with Crippen LogP contribution in [-0.2, 0) is 0 Å². The largest absolute Gasteiger partial charge is 0.293 e. The number of nitrogens with zero attached hydrogens (tertiary/aromatic N) is 3. The first kappa shape index (κ1) is 20.7. The van der Waals surface area contributed by atoms with Gasteiger partial charge < -0.3 is 0 Å². The molecule has 0 saturated heterocycles. The predicted molar refractivity (Wildman–Crippen MR) is 161 cm³/mol. The second-order valence-electron chi connectivity index (χ2n) is 10.3. The van der Waals surface area contributed by atoms with E-state index in [-0.39, 0.29) is 0 Å². The van der Waals surface area contributed by atoms with Crippen molar-refractivity contribution in [3.63, 3.8) is 0 Å². The maximum Gasteiger partial charge on any atom is 0.137 e.